The highest BCUT2D eigenvalue weighted by Crippen LogP contribution is 2.31. The van der Waals surface area contributed by atoms with E-state index in [2.05, 4.69) is 4.98 Å². The summed E-state index contributed by atoms with van der Waals surface area (Å²) in [6, 6.07) is 6.20. The van der Waals surface area contributed by atoms with Crippen LogP contribution in [-0.2, 0) is 6.61 Å². The molecule has 1 heterocycles. The summed E-state index contributed by atoms with van der Waals surface area (Å²) in [5.74, 6) is 0.0421. The van der Waals surface area contributed by atoms with Gasteiger partial charge in [-0.15, -0.1) is 0 Å². The molecule has 0 bridgehead atoms. The lowest BCUT2D eigenvalue weighted by Crippen LogP contribution is -1.99. The van der Waals surface area contributed by atoms with E-state index in [-0.39, 0.29) is 28.7 Å². The summed E-state index contributed by atoms with van der Waals surface area (Å²) in [6.07, 6.45) is 3.58. The maximum absolute atomic E-state index is 10.9. The van der Waals surface area contributed by atoms with Crippen molar-refractivity contribution in [1.82, 2.24) is 4.98 Å². The number of ether oxygens (including phenoxy) is 1. The Bertz CT molecular complexity index is 695. The number of aldehydes is 1. The number of benzene rings is 1. The number of nitrogens with zero attached hydrogens (tertiary/aromatic N) is 2. The first-order valence-corrected chi connectivity index (χ1v) is 5.96. The summed E-state index contributed by atoms with van der Waals surface area (Å²) in [4.78, 5) is 14.8. The highest BCUT2D eigenvalue weighted by atomic mass is 35.5. The molecule has 6 heteroatoms. The summed E-state index contributed by atoms with van der Waals surface area (Å²) >= 11 is 5.71. The molecule has 1 aromatic carbocycles. The molecular formula is C14H9ClN2O3. The number of aromatic nitrogens is 1. The molecule has 0 saturated carbocycles. The van der Waals surface area contributed by atoms with Gasteiger partial charge in [-0.25, -0.2) is 0 Å². The second-order valence-corrected chi connectivity index (χ2v) is 4.35. The normalized spacial score (nSPS) is 9.80. The first-order chi connectivity index (χ1) is 9.63. The number of carbonyl (C=O) groups excluding carboxylic acids is 1. The molecule has 1 N–H and O–H groups in total. The summed E-state index contributed by atoms with van der Waals surface area (Å²) in [5.41, 5.74) is 1.33. The van der Waals surface area contributed by atoms with Crippen molar-refractivity contribution in [3.05, 3.63) is 52.3 Å². The number of aromatic hydroxyl groups is 1. The number of rotatable bonds is 4. The minimum Gasteiger partial charge on any atom is -0.506 e. The smallest absolute Gasteiger partial charge is 0.153 e. The molecule has 20 heavy (non-hydrogen) atoms. The van der Waals surface area contributed by atoms with Crippen molar-refractivity contribution >= 4 is 17.9 Å². The summed E-state index contributed by atoms with van der Waals surface area (Å²) in [6.45, 7) is 0.116. The van der Waals surface area contributed by atoms with Crippen LogP contribution in [-0.4, -0.2) is 16.4 Å². The fourth-order valence-electron chi connectivity index (χ4n) is 1.56. The van der Waals surface area contributed by atoms with Gasteiger partial charge in [-0.2, -0.15) is 5.26 Å². The van der Waals surface area contributed by atoms with Gasteiger partial charge in [-0.3, -0.25) is 9.78 Å². The number of phenols is 1. The summed E-state index contributed by atoms with van der Waals surface area (Å²) in [7, 11) is 0. The average Bonchev–Trinajstić information content (AvgIpc) is 2.48. The van der Waals surface area contributed by atoms with Gasteiger partial charge >= 0.3 is 0 Å². The van der Waals surface area contributed by atoms with Crippen molar-refractivity contribution in [2.24, 2.45) is 0 Å². The molecule has 0 atom stereocenters. The number of halogens is 1. The van der Waals surface area contributed by atoms with Crippen molar-refractivity contribution in [2.45, 2.75) is 6.61 Å². The van der Waals surface area contributed by atoms with E-state index < -0.39 is 0 Å². The lowest BCUT2D eigenvalue weighted by molar-refractivity contribution is 0.111. The maximum Gasteiger partial charge on any atom is 0.153 e. The largest absolute Gasteiger partial charge is 0.506 e. The Hall–Kier alpha value is -2.58. The minimum absolute atomic E-state index is 0.0765. The number of hydrogen-bond donors (Lipinski definition) is 1. The number of phenolic OH excluding ortho intramolecular Hbond substituents is 1. The Morgan fingerprint density at radius 3 is 2.90 bits per heavy atom. The molecule has 0 unspecified atom stereocenters. The van der Waals surface area contributed by atoms with Crippen molar-refractivity contribution in [3.63, 3.8) is 0 Å². The third kappa shape index (κ3) is 3.05. The van der Waals surface area contributed by atoms with E-state index in [4.69, 9.17) is 21.6 Å². The highest BCUT2D eigenvalue weighted by Gasteiger charge is 2.09. The van der Waals surface area contributed by atoms with Crippen LogP contribution in [0.3, 0.4) is 0 Å². The number of pyridine rings is 1. The first-order valence-electron chi connectivity index (χ1n) is 5.58. The number of hydrogen-bond acceptors (Lipinski definition) is 5. The third-order valence-corrected chi connectivity index (χ3v) is 2.83. The fourth-order valence-corrected chi connectivity index (χ4v) is 1.74. The topological polar surface area (TPSA) is 83.2 Å². The van der Waals surface area contributed by atoms with Gasteiger partial charge < -0.3 is 9.84 Å². The van der Waals surface area contributed by atoms with Crippen molar-refractivity contribution < 1.29 is 14.6 Å². The Balaban J connectivity index is 2.20. The van der Waals surface area contributed by atoms with Crippen LogP contribution in [0.1, 0.15) is 21.5 Å². The average molecular weight is 289 g/mol. The van der Waals surface area contributed by atoms with Crippen LogP contribution in [0.25, 0.3) is 0 Å². The van der Waals surface area contributed by atoms with Gasteiger partial charge in [0.05, 0.1) is 16.1 Å². The lowest BCUT2D eigenvalue weighted by atomic mass is 10.2. The molecule has 0 radical (unpaired) electrons. The van der Waals surface area contributed by atoms with Gasteiger partial charge in [-0.05, 0) is 12.1 Å². The van der Waals surface area contributed by atoms with E-state index in [1.54, 1.807) is 12.3 Å². The molecule has 0 amide bonds. The monoisotopic (exact) mass is 288 g/mol. The van der Waals surface area contributed by atoms with E-state index in [1.807, 2.05) is 6.07 Å². The lowest BCUT2D eigenvalue weighted by Gasteiger charge is -2.09. The second kappa shape index (κ2) is 6.04. The van der Waals surface area contributed by atoms with Crippen LogP contribution in [0.15, 0.2) is 30.6 Å². The standard InChI is InChI=1S/C14H9ClN2O3/c15-12-2-11(7-18)14(3-13(12)19)20-8-10-1-9(4-16)5-17-6-10/h1-3,5-7,19H,8H2. The highest BCUT2D eigenvalue weighted by molar-refractivity contribution is 6.32. The predicted octanol–water partition coefficient (Wildman–Crippen LogP) is 2.70. The van der Waals surface area contributed by atoms with Gasteiger partial charge in [0.15, 0.2) is 6.29 Å². The predicted molar refractivity (Wildman–Crippen MR) is 71.8 cm³/mol. The molecule has 0 fully saturated rings. The van der Waals surface area contributed by atoms with E-state index in [9.17, 15) is 9.90 Å². The Morgan fingerprint density at radius 2 is 2.20 bits per heavy atom. The van der Waals surface area contributed by atoms with Crippen LogP contribution < -0.4 is 4.74 Å². The zero-order valence-electron chi connectivity index (χ0n) is 10.2. The van der Waals surface area contributed by atoms with Gasteiger partial charge in [0.1, 0.15) is 24.2 Å². The molecule has 5 nitrogen and oxygen atoms in total. The Morgan fingerprint density at radius 1 is 1.40 bits per heavy atom. The molecule has 2 rings (SSSR count). The molecule has 1 aromatic heterocycles. The third-order valence-electron chi connectivity index (χ3n) is 2.52. The van der Waals surface area contributed by atoms with E-state index >= 15 is 0 Å². The number of nitriles is 1. The zero-order valence-corrected chi connectivity index (χ0v) is 11.0. The molecule has 0 aliphatic rings. The van der Waals surface area contributed by atoms with E-state index in [1.165, 1.54) is 18.3 Å². The van der Waals surface area contributed by atoms with Crippen LogP contribution in [0.4, 0.5) is 0 Å². The Kier molecular flexibility index (Phi) is 4.18. The minimum atomic E-state index is -0.170. The van der Waals surface area contributed by atoms with E-state index in [0.717, 1.165) is 0 Å². The van der Waals surface area contributed by atoms with Crippen LogP contribution in [0, 0.1) is 11.3 Å². The molecule has 0 saturated heterocycles. The van der Waals surface area contributed by atoms with Crippen molar-refractivity contribution in [1.29, 1.82) is 5.26 Å². The summed E-state index contributed by atoms with van der Waals surface area (Å²) < 4.78 is 5.45. The molecule has 0 aliphatic carbocycles. The number of carbonyl (C=O) groups is 1. The van der Waals surface area contributed by atoms with Crippen LogP contribution in [0.5, 0.6) is 11.5 Å². The SMILES string of the molecule is N#Cc1cncc(COc2cc(O)c(Cl)cc2C=O)c1. The quantitative estimate of drug-likeness (QED) is 0.875. The first kappa shape index (κ1) is 13.8. The zero-order chi connectivity index (χ0) is 14.5. The van der Waals surface area contributed by atoms with E-state index in [0.29, 0.717) is 17.4 Å². The van der Waals surface area contributed by atoms with Crippen molar-refractivity contribution in [3.8, 4) is 17.6 Å². The fraction of sp³-hybridized carbons (Fsp3) is 0.0714. The van der Waals surface area contributed by atoms with Gasteiger partial charge in [0.25, 0.3) is 0 Å². The van der Waals surface area contributed by atoms with Gasteiger partial charge in [0, 0.05) is 24.0 Å². The second-order valence-electron chi connectivity index (χ2n) is 3.94. The van der Waals surface area contributed by atoms with Crippen LogP contribution >= 0.6 is 11.6 Å². The molecule has 0 aliphatic heterocycles. The molecule has 100 valence electrons. The van der Waals surface area contributed by atoms with Gasteiger partial charge in [-0.1, -0.05) is 11.6 Å². The van der Waals surface area contributed by atoms with Gasteiger partial charge in [0.2, 0.25) is 0 Å². The van der Waals surface area contributed by atoms with Crippen LogP contribution in [0.2, 0.25) is 5.02 Å². The summed E-state index contributed by atoms with van der Waals surface area (Å²) in [5, 5.41) is 18.4. The molecule has 0 spiro atoms. The molecule has 2 aromatic rings. The Labute approximate surface area is 120 Å². The van der Waals surface area contributed by atoms with Crippen molar-refractivity contribution in [2.75, 3.05) is 0 Å². The maximum atomic E-state index is 10.9. The molecular weight excluding hydrogens is 280 g/mol.